The van der Waals surface area contributed by atoms with E-state index in [1.807, 2.05) is 0 Å². The van der Waals surface area contributed by atoms with Crippen molar-refractivity contribution in [1.82, 2.24) is 0 Å². The van der Waals surface area contributed by atoms with E-state index in [1.165, 1.54) is 43.8 Å². The second-order valence-electron chi connectivity index (χ2n) is 5.03. The first-order valence-electron chi connectivity index (χ1n) is 6.32. The molecule has 2 heteroatoms. The molecule has 1 heterocycles. The van der Waals surface area contributed by atoms with E-state index in [4.69, 9.17) is 5.73 Å². The van der Waals surface area contributed by atoms with Gasteiger partial charge < -0.3 is 5.73 Å². The van der Waals surface area contributed by atoms with Crippen LogP contribution in [0.15, 0.2) is 11.4 Å². The van der Waals surface area contributed by atoms with Gasteiger partial charge in [0.05, 0.1) is 0 Å². The van der Waals surface area contributed by atoms with E-state index < -0.39 is 0 Å². The van der Waals surface area contributed by atoms with E-state index in [2.05, 4.69) is 46.1 Å². The van der Waals surface area contributed by atoms with Crippen molar-refractivity contribution < 1.29 is 0 Å². The van der Waals surface area contributed by atoms with Gasteiger partial charge in [-0.25, -0.2) is 0 Å². The minimum absolute atomic E-state index is 0.617. The summed E-state index contributed by atoms with van der Waals surface area (Å²) in [4.78, 5) is 1.37. The zero-order valence-electron chi connectivity index (χ0n) is 11.8. The zero-order valence-corrected chi connectivity index (χ0v) is 12.7. The van der Waals surface area contributed by atoms with Crippen molar-refractivity contribution in [3.05, 3.63) is 44.1 Å². The summed E-state index contributed by atoms with van der Waals surface area (Å²) in [6, 6.07) is 2.28. The molecule has 0 aliphatic heterocycles. The summed E-state index contributed by atoms with van der Waals surface area (Å²) in [7, 11) is 0. The van der Waals surface area contributed by atoms with Crippen LogP contribution in [0, 0.1) is 34.6 Å². The Morgan fingerprint density at radius 1 is 0.944 bits per heavy atom. The monoisotopic (exact) mass is 259 g/mol. The number of benzene rings is 1. The Morgan fingerprint density at radius 2 is 1.50 bits per heavy atom. The second-order valence-corrected chi connectivity index (χ2v) is 6.12. The van der Waals surface area contributed by atoms with Gasteiger partial charge in [0.1, 0.15) is 0 Å². The number of hydrogen-bond donors (Lipinski definition) is 1. The van der Waals surface area contributed by atoms with Gasteiger partial charge in [-0.1, -0.05) is 6.07 Å². The van der Waals surface area contributed by atoms with Gasteiger partial charge >= 0.3 is 0 Å². The van der Waals surface area contributed by atoms with E-state index in [0.717, 1.165) is 0 Å². The predicted octanol–water partition coefficient (Wildman–Crippen LogP) is 4.42. The average Bonchev–Trinajstić information content (AvgIpc) is 2.69. The maximum absolute atomic E-state index is 5.88. The Balaban J connectivity index is 2.82. The molecule has 0 fully saturated rings. The molecular weight excluding hydrogens is 238 g/mol. The highest BCUT2D eigenvalue weighted by Crippen LogP contribution is 2.38. The Kier molecular flexibility index (Phi) is 3.60. The molecule has 0 unspecified atom stereocenters. The van der Waals surface area contributed by atoms with E-state index in [1.54, 1.807) is 11.3 Å². The van der Waals surface area contributed by atoms with Gasteiger partial charge in [-0.2, -0.15) is 0 Å². The van der Waals surface area contributed by atoms with Gasteiger partial charge in [0.25, 0.3) is 0 Å². The van der Waals surface area contributed by atoms with Crippen molar-refractivity contribution in [2.24, 2.45) is 5.73 Å². The van der Waals surface area contributed by atoms with Gasteiger partial charge in [0.15, 0.2) is 0 Å². The number of thiophene rings is 1. The number of rotatable bonds is 2. The summed E-state index contributed by atoms with van der Waals surface area (Å²) >= 11 is 1.80. The number of aryl methyl sites for hydroxylation is 3. The second kappa shape index (κ2) is 4.87. The van der Waals surface area contributed by atoms with Crippen LogP contribution in [0.2, 0.25) is 0 Å². The Morgan fingerprint density at radius 3 is 2.00 bits per heavy atom. The highest BCUT2D eigenvalue weighted by atomic mass is 32.1. The van der Waals surface area contributed by atoms with E-state index in [-0.39, 0.29) is 0 Å². The first-order valence-corrected chi connectivity index (χ1v) is 7.20. The molecular formula is C16H21NS. The van der Waals surface area contributed by atoms with Crippen LogP contribution in [0.25, 0.3) is 11.1 Å². The van der Waals surface area contributed by atoms with E-state index >= 15 is 0 Å². The lowest BCUT2D eigenvalue weighted by Gasteiger charge is -2.17. The largest absolute Gasteiger partial charge is 0.326 e. The topological polar surface area (TPSA) is 26.0 Å². The van der Waals surface area contributed by atoms with Gasteiger partial charge in [-0.3, -0.25) is 0 Å². The third-order valence-corrected chi connectivity index (χ3v) is 4.85. The molecule has 0 spiro atoms. The molecule has 1 aromatic carbocycles. The summed E-state index contributed by atoms with van der Waals surface area (Å²) in [5.74, 6) is 0. The number of hydrogen-bond acceptors (Lipinski definition) is 2. The Hall–Kier alpha value is -1.12. The predicted molar refractivity (Wildman–Crippen MR) is 81.3 cm³/mol. The quantitative estimate of drug-likeness (QED) is 0.849. The molecule has 1 nitrogen and oxygen atoms in total. The average molecular weight is 259 g/mol. The maximum Gasteiger partial charge on any atom is 0.0192 e. The van der Waals surface area contributed by atoms with Crippen LogP contribution >= 0.6 is 11.3 Å². The SMILES string of the molecule is Cc1cc(C)c(C)c(-c2c(CN)csc2C)c1C. The highest BCUT2D eigenvalue weighted by molar-refractivity contribution is 7.10. The molecule has 18 heavy (non-hydrogen) atoms. The van der Waals surface area contributed by atoms with Crippen molar-refractivity contribution in [3.63, 3.8) is 0 Å². The molecule has 0 aliphatic carbocycles. The summed E-state index contributed by atoms with van der Waals surface area (Å²) in [5.41, 5.74) is 15.4. The molecule has 0 saturated heterocycles. The Bertz CT molecular complexity index is 567. The lowest BCUT2D eigenvalue weighted by Crippen LogP contribution is -2.01. The van der Waals surface area contributed by atoms with Crippen LogP contribution in [-0.4, -0.2) is 0 Å². The summed E-state index contributed by atoms with van der Waals surface area (Å²) in [6.07, 6.45) is 0. The fourth-order valence-corrected chi connectivity index (χ4v) is 3.47. The van der Waals surface area contributed by atoms with Gasteiger partial charge in [0.2, 0.25) is 0 Å². The first kappa shape index (κ1) is 13.3. The minimum atomic E-state index is 0.617. The molecule has 2 N–H and O–H groups in total. The van der Waals surface area contributed by atoms with Crippen LogP contribution in [0.5, 0.6) is 0 Å². The van der Waals surface area contributed by atoms with Gasteiger partial charge in [0, 0.05) is 17.0 Å². The zero-order chi connectivity index (χ0) is 13.4. The lowest BCUT2D eigenvalue weighted by molar-refractivity contribution is 1.08. The van der Waals surface area contributed by atoms with Crippen molar-refractivity contribution >= 4 is 11.3 Å². The van der Waals surface area contributed by atoms with Crippen molar-refractivity contribution in [3.8, 4) is 11.1 Å². The van der Waals surface area contributed by atoms with Gasteiger partial charge in [-0.05, 0) is 73.4 Å². The van der Waals surface area contributed by atoms with Crippen LogP contribution in [0.1, 0.15) is 32.7 Å². The smallest absolute Gasteiger partial charge is 0.0192 e. The normalized spacial score (nSPS) is 11.0. The molecule has 0 amide bonds. The molecule has 0 saturated carbocycles. The summed E-state index contributed by atoms with van der Waals surface area (Å²) in [6.45, 7) is 11.6. The van der Waals surface area contributed by atoms with Crippen molar-refractivity contribution in [2.45, 2.75) is 41.2 Å². The molecule has 0 radical (unpaired) electrons. The molecule has 2 aromatic rings. The van der Waals surface area contributed by atoms with Crippen LogP contribution in [-0.2, 0) is 6.54 Å². The fourth-order valence-electron chi connectivity index (χ4n) is 2.58. The van der Waals surface area contributed by atoms with Crippen LogP contribution < -0.4 is 5.73 Å². The maximum atomic E-state index is 5.88. The molecule has 0 bridgehead atoms. The molecule has 0 atom stereocenters. The number of nitrogens with two attached hydrogens (primary N) is 1. The minimum Gasteiger partial charge on any atom is -0.326 e. The van der Waals surface area contributed by atoms with Gasteiger partial charge in [-0.15, -0.1) is 11.3 Å². The summed E-state index contributed by atoms with van der Waals surface area (Å²) in [5, 5.41) is 2.20. The van der Waals surface area contributed by atoms with E-state index in [9.17, 15) is 0 Å². The first-order chi connectivity index (χ1) is 8.47. The fraction of sp³-hybridized carbons (Fsp3) is 0.375. The Labute approximate surface area is 114 Å². The van der Waals surface area contributed by atoms with Crippen molar-refractivity contribution in [2.75, 3.05) is 0 Å². The summed E-state index contributed by atoms with van der Waals surface area (Å²) < 4.78 is 0. The van der Waals surface area contributed by atoms with E-state index in [0.29, 0.717) is 6.54 Å². The third-order valence-electron chi connectivity index (χ3n) is 3.89. The molecule has 96 valence electrons. The third kappa shape index (κ3) is 2.00. The van der Waals surface area contributed by atoms with Crippen LogP contribution in [0.4, 0.5) is 0 Å². The standard InChI is InChI=1S/C16H21NS/c1-9-6-10(2)12(4)15(11(9)3)16-13(5)18-8-14(16)7-17/h6,8H,7,17H2,1-5H3. The molecule has 0 aliphatic rings. The molecule has 1 aromatic heterocycles. The lowest BCUT2D eigenvalue weighted by atomic mass is 9.88. The van der Waals surface area contributed by atoms with Crippen LogP contribution in [0.3, 0.4) is 0 Å². The van der Waals surface area contributed by atoms with Crippen molar-refractivity contribution in [1.29, 1.82) is 0 Å². The highest BCUT2D eigenvalue weighted by Gasteiger charge is 2.16. The molecule has 2 rings (SSSR count).